The third-order valence-corrected chi connectivity index (χ3v) is 5.76. The molecule has 3 aromatic carbocycles. The Morgan fingerprint density at radius 1 is 1.00 bits per heavy atom. The quantitative estimate of drug-likeness (QED) is 0.387. The average molecular weight is 471 g/mol. The van der Waals surface area contributed by atoms with Gasteiger partial charge >= 0.3 is 5.97 Å². The van der Waals surface area contributed by atoms with Gasteiger partial charge in [0.2, 0.25) is 5.88 Å². The first-order valence-corrected chi connectivity index (χ1v) is 11.2. The maximum absolute atomic E-state index is 12.4. The normalized spacial score (nSPS) is 14.4. The first-order valence-electron chi connectivity index (χ1n) is 11.2. The van der Waals surface area contributed by atoms with Crippen molar-refractivity contribution in [3.63, 3.8) is 0 Å². The van der Waals surface area contributed by atoms with Gasteiger partial charge in [0.1, 0.15) is 34.6 Å². The number of hydrogen-bond acceptors (Lipinski definition) is 7. The molecule has 0 fully saturated rings. The largest absolute Gasteiger partial charge is 0.494 e. The number of allylic oxidation sites excluding steroid dienone is 1. The smallest absolute Gasteiger partial charge is 0.349 e. The van der Waals surface area contributed by atoms with Crippen LogP contribution in [0.3, 0.4) is 0 Å². The molecule has 2 N–H and O–H groups in total. The summed E-state index contributed by atoms with van der Waals surface area (Å²) < 4.78 is 22.4. The van der Waals surface area contributed by atoms with E-state index in [1.165, 1.54) is 0 Å². The van der Waals surface area contributed by atoms with Crippen molar-refractivity contribution in [2.75, 3.05) is 13.2 Å². The summed E-state index contributed by atoms with van der Waals surface area (Å²) in [4.78, 5) is 12.4. The summed E-state index contributed by atoms with van der Waals surface area (Å²) in [6.07, 6.45) is 0. The second kappa shape index (κ2) is 10.2. The lowest BCUT2D eigenvalue weighted by Crippen LogP contribution is -2.21. The Morgan fingerprint density at radius 2 is 1.77 bits per heavy atom. The van der Waals surface area contributed by atoms with Crippen molar-refractivity contribution >= 4 is 5.97 Å². The fourth-order valence-electron chi connectivity index (χ4n) is 3.90. The monoisotopic (exact) mass is 470 g/mol. The molecular weight excluding hydrogens is 444 g/mol. The van der Waals surface area contributed by atoms with E-state index in [1.807, 2.05) is 63.2 Å². The summed E-state index contributed by atoms with van der Waals surface area (Å²) in [5, 5.41) is 9.77. The highest BCUT2D eigenvalue weighted by Gasteiger charge is 2.31. The van der Waals surface area contributed by atoms with E-state index in [-0.39, 0.29) is 18.2 Å². The number of benzene rings is 3. The number of carbonyl (C=O) groups is 1. The molecule has 1 unspecified atom stereocenters. The highest BCUT2D eigenvalue weighted by Crippen LogP contribution is 2.44. The molecule has 0 saturated heterocycles. The number of hydrogen-bond donors (Lipinski definition) is 1. The van der Waals surface area contributed by atoms with Crippen molar-refractivity contribution in [1.29, 1.82) is 5.26 Å². The van der Waals surface area contributed by atoms with E-state index < -0.39 is 11.9 Å². The van der Waals surface area contributed by atoms with Gasteiger partial charge in [0, 0.05) is 11.6 Å². The predicted octanol–water partition coefficient (Wildman–Crippen LogP) is 4.90. The van der Waals surface area contributed by atoms with Gasteiger partial charge in [-0.15, -0.1) is 0 Å². The van der Waals surface area contributed by atoms with Crippen LogP contribution < -0.4 is 24.7 Å². The minimum atomic E-state index is -0.554. The summed E-state index contributed by atoms with van der Waals surface area (Å²) in [5.41, 5.74) is 10.2. The van der Waals surface area contributed by atoms with Crippen LogP contribution in [-0.2, 0) is 4.79 Å². The van der Waals surface area contributed by atoms with Gasteiger partial charge in [0.25, 0.3) is 0 Å². The summed E-state index contributed by atoms with van der Waals surface area (Å²) in [5.74, 6) is 0.999. The van der Waals surface area contributed by atoms with E-state index in [0.29, 0.717) is 29.4 Å². The van der Waals surface area contributed by atoms with Crippen LogP contribution in [0, 0.1) is 25.2 Å². The van der Waals surface area contributed by atoms with E-state index >= 15 is 0 Å². The van der Waals surface area contributed by atoms with E-state index in [9.17, 15) is 10.1 Å². The molecule has 7 nitrogen and oxygen atoms in total. The van der Waals surface area contributed by atoms with Crippen LogP contribution in [0.25, 0.3) is 0 Å². The number of rotatable bonds is 7. The van der Waals surface area contributed by atoms with Gasteiger partial charge in [-0.2, -0.15) is 5.26 Å². The molecule has 0 spiro atoms. The van der Waals surface area contributed by atoms with Gasteiger partial charge in [0.15, 0.2) is 6.61 Å². The SMILES string of the molecule is CCOc1cccc(C2C(C#N)=C(N)Oc3cc(OC(=O)COc4ccc(C)c(C)c4)ccc32)c1. The van der Waals surface area contributed by atoms with E-state index in [1.54, 1.807) is 18.2 Å². The minimum Gasteiger partial charge on any atom is -0.494 e. The predicted molar refractivity (Wildman–Crippen MR) is 130 cm³/mol. The fourth-order valence-corrected chi connectivity index (χ4v) is 3.90. The van der Waals surface area contributed by atoms with E-state index in [0.717, 1.165) is 22.3 Å². The zero-order valence-electron chi connectivity index (χ0n) is 19.8. The van der Waals surface area contributed by atoms with Crippen molar-refractivity contribution in [3.8, 4) is 29.1 Å². The molecule has 0 amide bonds. The lowest BCUT2D eigenvalue weighted by molar-refractivity contribution is -0.136. The Kier molecular flexibility index (Phi) is 6.93. The van der Waals surface area contributed by atoms with Crippen LogP contribution in [0.15, 0.2) is 72.1 Å². The van der Waals surface area contributed by atoms with E-state index in [4.69, 9.17) is 24.7 Å². The second-order valence-electron chi connectivity index (χ2n) is 8.14. The standard InChI is InChI=1S/C28H26N2O5/c1-4-32-20-7-5-6-19(13-20)27-23-11-10-22(14-25(23)35-28(30)24(27)15-29)34-26(31)16-33-21-9-8-17(2)18(3)12-21/h5-14,27H,4,16,30H2,1-3H3. The number of carbonyl (C=O) groups excluding carboxylic acids is 1. The molecule has 1 atom stereocenters. The number of esters is 1. The molecule has 0 saturated carbocycles. The Bertz CT molecular complexity index is 1340. The third-order valence-electron chi connectivity index (χ3n) is 5.76. The Labute approximate surface area is 204 Å². The van der Waals surface area contributed by atoms with Gasteiger partial charge in [-0.25, -0.2) is 4.79 Å². The van der Waals surface area contributed by atoms with Crippen LogP contribution in [0.2, 0.25) is 0 Å². The van der Waals surface area contributed by atoms with Crippen molar-refractivity contribution in [1.82, 2.24) is 0 Å². The number of nitrogens with two attached hydrogens (primary N) is 1. The zero-order valence-corrected chi connectivity index (χ0v) is 19.8. The molecule has 0 aromatic heterocycles. The number of fused-ring (bicyclic) bond motifs is 1. The van der Waals surface area contributed by atoms with E-state index in [2.05, 4.69) is 6.07 Å². The Balaban J connectivity index is 1.54. The summed E-state index contributed by atoms with van der Waals surface area (Å²) in [6, 6.07) is 20.3. The highest BCUT2D eigenvalue weighted by atomic mass is 16.6. The molecule has 3 aromatic rings. The Hall–Kier alpha value is -4.44. The Morgan fingerprint density at radius 3 is 2.51 bits per heavy atom. The van der Waals surface area contributed by atoms with Gasteiger partial charge in [-0.3, -0.25) is 0 Å². The molecule has 4 rings (SSSR count). The third kappa shape index (κ3) is 5.22. The molecule has 1 aliphatic heterocycles. The summed E-state index contributed by atoms with van der Waals surface area (Å²) >= 11 is 0. The molecule has 7 heteroatoms. The molecular formula is C28H26N2O5. The number of nitrogens with zero attached hydrogens (tertiary/aromatic N) is 1. The van der Waals surface area contributed by atoms with Gasteiger partial charge in [-0.1, -0.05) is 24.3 Å². The molecule has 0 aliphatic carbocycles. The minimum absolute atomic E-state index is 0.00774. The molecule has 1 heterocycles. The van der Waals surface area contributed by atoms with Crippen molar-refractivity contribution in [2.45, 2.75) is 26.7 Å². The zero-order chi connectivity index (χ0) is 24.9. The maximum Gasteiger partial charge on any atom is 0.349 e. The van der Waals surface area contributed by atoms with Crippen molar-refractivity contribution in [2.24, 2.45) is 5.73 Å². The first-order chi connectivity index (χ1) is 16.9. The lowest BCUT2D eigenvalue weighted by Gasteiger charge is -2.27. The van der Waals surface area contributed by atoms with Gasteiger partial charge in [-0.05, 0) is 67.8 Å². The molecule has 35 heavy (non-hydrogen) atoms. The topological polar surface area (TPSA) is 104 Å². The molecule has 0 radical (unpaired) electrons. The average Bonchev–Trinajstić information content (AvgIpc) is 2.84. The van der Waals surface area contributed by atoms with Crippen LogP contribution in [0.4, 0.5) is 0 Å². The van der Waals surface area contributed by atoms with Crippen LogP contribution >= 0.6 is 0 Å². The summed E-state index contributed by atoms with van der Waals surface area (Å²) in [6.45, 7) is 6.18. The van der Waals surface area contributed by atoms with Gasteiger partial charge in [0.05, 0.1) is 12.5 Å². The van der Waals surface area contributed by atoms with Gasteiger partial charge < -0.3 is 24.7 Å². The summed E-state index contributed by atoms with van der Waals surface area (Å²) in [7, 11) is 0. The van der Waals surface area contributed by atoms with Crippen LogP contribution in [-0.4, -0.2) is 19.2 Å². The fraction of sp³-hybridized carbons (Fsp3) is 0.214. The number of nitriles is 1. The molecule has 178 valence electrons. The first kappa shape index (κ1) is 23.7. The highest BCUT2D eigenvalue weighted by molar-refractivity contribution is 5.74. The van der Waals surface area contributed by atoms with Crippen molar-refractivity contribution in [3.05, 3.63) is 94.4 Å². The maximum atomic E-state index is 12.4. The molecule has 1 aliphatic rings. The van der Waals surface area contributed by atoms with Crippen LogP contribution in [0.5, 0.6) is 23.0 Å². The van der Waals surface area contributed by atoms with Crippen molar-refractivity contribution < 1.29 is 23.7 Å². The van der Waals surface area contributed by atoms with Crippen LogP contribution in [0.1, 0.15) is 35.1 Å². The molecule has 0 bridgehead atoms. The second-order valence-corrected chi connectivity index (χ2v) is 8.14. The number of aryl methyl sites for hydroxylation is 2. The number of ether oxygens (including phenoxy) is 4. The lowest BCUT2D eigenvalue weighted by atomic mass is 9.83.